The fourth-order valence-corrected chi connectivity index (χ4v) is 2.68. The summed E-state index contributed by atoms with van der Waals surface area (Å²) in [5.41, 5.74) is 2.83. The van der Waals surface area contributed by atoms with Gasteiger partial charge in [-0.25, -0.2) is 4.68 Å². The second kappa shape index (κ2) is 8.01. The van der Waals surface area contributed by atoms with Crippen molar-refractivity contribution in [2.24, 2.45) is 0 Å². The first-order valence-electron chi connectivity index (χ1n) is 8.74. The molecule has 0 radical (unpaired) electrons. The van der Waals surface area contributed by atoms with Crippen LogP contribution in [0.15, 0.2) is 59.8 Å². The third-order valence-electron chi connectivity index (χ3n) is 4.06. The van der Waals surface area contributed by atoms with Crippen molar-refractivity contribution in [3.8, 4) is 22.6 Å². The molecule has 0 fully saturated rings. The molecule has 2 heterocycles. The first-order valence-corrected chi connectivity index (χ1v) is 8.74. The predicted octanol–water partition coefficient (Wildman–Crippen LogP) is 2.87. The van der Waals surface area contributed by atoms with Crippen LogP contribution in [0, 0.1) is 0 Å². The average Bonchev–Trinajstić information content (AvgIpc) is 3.14. The Morgan fingerprint density at radius 1 is 1.12 bits per heavy atom. The van der Waals surface area contributed by atoms with E-state index in [4.69, 9.17) is 9.84 Å². The van der Waals surface area contributed by atoms with E-state index in [1.165, 1.54) is 0 Å². The Hall–Kier alpha value is -2.86. The molecule has 1 atom stereocenters. The van der Waals surface area contributed by atoms with E-state index in [0.717, 1.165) is 23.2 Å². The lowest BCUT2D eigenvalue weighted by Gasteiger charge is -2.11. The number of aliphatic hydroxyl groups excluding tert-OH is 1. The van der Waals surface area contributed by atoms with Crippen molar-refractivity contribution in [1.82, 2.24) is 14.3 Å². The summed E-state index contributed by atoms with van der Waals surface area (Å²) in [6.07, 6.45) is 6.22. The normalized spacial score (nSPS) is 12.1. The van der Waals surface area contributed by atoms with Crippen LogP contribution in [-0.4, -0.2) is 32.2 Å². The van der Waals surface area contributed by atoms with Crippen LogP contribution >= 0.6 is 0 Å². The van der Waals surface area contributed by atoms with Crippen LogP contribution in [0.4, 0.5) is 0 Å². The summed E-state index contributed by atoms with van der Waals surface area (Å²) in [6, 6.07) is 11.0. The zero-order chi connectivity index (χ0) is 18.5. The smallest absolute Gasteiger partial charge is 0.250 e. The van der Waals surface area contributed by atoms with Gasteiger partial charge in [-0.15, -0.1) is 0 Å². The molecule has 3 rings (SSSR count). The van der Waals surface area contributed by atoms with E-state index in [2.05, 4.69) is 5.10 Å². The van der Waals surface area contributed by atoms with Gasteiger partial charge in [-0.3, -0.25) is 4.79 Å². The molecule has 1 aromatic carbocycles. The highest BCUT2D eigenvalue weighted by atomic mass is 16.5. The summed E-state index contributed by atoms with van der Waals surface area (Å²) in [6.45, 7) is 4.53. The molecule has 0 aliphatic rings. The van der Waals surface area contributed by atoms with Crippen molar-refractivity contribution in [3.63, 3.8) is 0 Å². The van der Waals surface area contributed by atoms with Crippen LogP contribution in [0.1, 0.15) is 20.3 Å². The molecule has 6 nitrogen and oxygen atoms in total. The SMILES string of the molecule is CCCn1cc(-n2cc(-c3ccc(OC(C)CO)cc3)cn2)ccc1=O. The van der Waals surface area contributed by atoms with Gasteiger partial charge in [0.2, 0.25) is 0 Å². The van der Waals surface area contributed by atoms with Gasteiger partial charge in [0, 0.05) is 30.6 Å². The van der Waals surface area contributed by atoms with Crippen LogP contribution in [0.5, 0.6) is 5.75 Å². The van der Waals surface area contributed by atoms with Gasteiger partial charge in [0.1, 0.15) is 11.9 Å². The lowest BCUT2D eigenvalue weighted by molar-refractivity contribution is 0.130. The summed E-state index contributed by atoms with van der Waals surface area (Å²) in [7, 11) is 0. The van der Waals surface area contributed by atoms with Crippen molar-refractivity contribution in [3.05, 3.63) is 65.3 Å². The Kier molecular flexibility index (Phi) is 5.53. The minimum atomic E-state index is -0.234. The Morgan fingerprint density at radius 3 is 2.58 bits per heavy atom. The lowest BCUT2D eigenvalue weighted by atomic mass is 10.1. The first kappa shape index (κ1) is 17.9. The molecule has 1 N–H and O–H groups in total. The molecule has 6 heteroatoms. The summed E-state index contributed by atoms with van der Waals surface area (Å²) in [5, 5.41) is 13.5. The third-order valence-corrected chi connectivity index (χ3v) is 4.06. The molecule has 0 saturated carbocycles. The number of nitrogens with zero attached hydrogens (tertiary/aromatic N) is 3. The van der Waals surface area contributed by atoms with E-state index in [1.807, 2.05) is 50.5 Å². The summed E-state index contributed by atoms with van der Waals surface area (Å²) >= 11 is 0. The molecule has 0 saturated heterocycles. The standard InChI is InChI=1S/C20H23N3O3/c1-3-10-22-13-18(6-9-20(22)25)23-12-17(11-21-23)16-4-7-19(8-5-16)26-15(2)14-24/h4-9,11-13,15,24H,3,10,14H2,1-2H3. The second-order valence-corrected chi connectivity index (χ2v) is 6.23. The third kappa shape index (κ3) is 4.03. The molecule has 26 heavy (non-hydrogen) atoms. The maximum atomic E-state index is 11.9. The van der Waals surface area contributed by atoms with Crippen molar-refractivity contribution >= 4 is 0 Å². The highest BCUT2D eigenvalue weighted by molar-refractivity contribution is 5.63. The number of aliphatic hydroxyl groups is 1. The molecule has 0 spiro atoms. The van der Waals surface area contributed by atoms with E-state index < -0.39 is 0 Å². The van der Waals surface area contributed by atoms with Crippen LogP contribution in [-0.2, 0) is 6.54 Å². The van der Waals surface area contributed by atoms with Gasteiger partial charge in [-0.05, 0) is 37.1 Å². The number of rotatable bonds is 7. The van der Waals surface area contributed by atoms with Crippen LogP contribution in [0.2, 0.25) is 0 Å². The van der Waals surface area contributed by atoms with Gasteiger partial charge >= 0.3 is 0 Å². The van der Waals surface area contributed by atoms with E-state index in [-0.39, 0.29) is 18.3 Å². The topological polar surface area (TPSA) is 69.3 Å². The summed E-state index contributed by atoms with van der Waals surface area (Å²) in [4.78, 5) is 11.9. The zero-order valence-electron chi connectivity index (χ0n) is 15.0. The molecule has 1 unspecified atom stereocenters. The molecule has 0 bridgehead atoms. The van der Waals surface area contributed by atoms with Crippen LogP contribution in [0.25, 0.3) is 16.8 Å². The average molecular weight is 353 g/mol. The fraction of sp³-hybridized carbons (Fsp3) is 0.300. The molecule has 2 aromatic heterocycles. The minimum Gasteiger partial charge on any atom is -0.488 e. The van der Waals surface area contributed by atoms with Gasteiger partial charge in [-0.2, -0.15) is 5.10 Å². The van der Waals surface area contributed by atoms with E-state index >= 15 is 0 Å². The minimum absolute atomic E-state index is 0.00400. The highest BCUT2D eigenvalue weighted by Crippen LogP contribution is 2.23. The lowest BCUT2D eigenvalue weighted by Crippen LogP contribution is -2.19. The highest BCUT2D eigenvalue weighted by Gasteiger charge is 2.07. The van der Waals surface area contributed by atoms with Gasteiger partial charge in [0.05, 0.1) is 18.5 Å². The van der Waals surface area contributed by atoms with Gasteiger partial charge in [0.25, 0.3) is 5.56 Å². The molecule has 3 aromatic rings. The number of pyridine rings is 1. The van der Waals surface area contributed by atoms with Gasteiger partial charge in [0.15, 0.2) is 0 Å². The molecule has 0 aliphatic heterocycles. The van der Waals surface area contributed by atoms with Crippen molar-refractivity contribution in [2.45, 2.75) is 32.9 Å². The Labute approximate surface area is 152 Å². The van der Waals surface area contributed by atoms with Gasteiger partial charge < -0.3 is 14.4 Å². The monoisotopic (exact) mass is 353 g/mol. The number of hydrogen-bond acceptors (Lipinski definition) is 4. The van der Waals surface area contributed by atoms with E-state index in [1.54, 1.807) is 27.6 Å². The molecular formula is C20H23N3O3. The number of ether oxygens (including phenoxy) is 1. The van der Waals surface area contributed by atoms with Gasteiger partial charge in [-0.1, -0.05) is 19.1 Å². The van der Waals surface area contributed by atoms with Crippen LogP contribution < -0.4 is 10.3 Å². The Balaban J connectivity index is 1.81. The Bertz CT molecular complexity index is 913. The largest absolute Gasteiger partial charge is 0.488 e. The van der Waals surface area contributed by atoms with Crippen molar-refractivity contribution < 1.29 is 9.84 Å². The van der Waals surface area contributed by atoms with E-state index in [0.29, 0.717) is 12.3 Å². The maximum Gasteiger partial charge on any atom is 0.250 e. The number of hydrogen-bond donors (Lipinski definition) is 1. The Morgan fingerprint density at radius 2 is 1.88 bits per heavy atom. The van der Waals surface area contributed by atoms with Crippen molar-refractivity contribution in [2.75, 3.05) is 6.61 Å². The second-order valence-electron chi connectivity index (χ2n) is 6.23. The fourth-order valence-electron chi connectivity index (χ4n) is 2.68. The van der Waals surface area contributed by atoms with Crippen LogP contribution in [0.3, 0.4) is 0 Å². The molecule has 136 valence electrons. The maximum absolute atomic E-state index is 11.9. The quantitative estimate of drug-likeness (QED) is 0.709. The number of aryl methyl sites for hydroxylation is 1. The first-order chi connectivity index (χ1) is 12.6. The molecule has 0 aliphatic carbocycles. The van der Waals surface area contributed by atoms with Crippen molar-refractivity contribution in [1.29, 1.82) is 0 Å². The van der Waals surface area contributed by atoms with E-state index in [9.17, 15) is 4.79 Å². The number of benzene rings is 1. The summed E-state index contributed by atoms with van der Waals surface area (Å²) in [5.74, 6) is 0.717. The zero-order valence-corrected chi connectivity index (χ0v) is 15.0. The predicted molar refractivity (Wildman–Crippen MR) is 101 cm³/mol. The number of aromatic nitrogens is 3. The summed E-state index contributed by atoms with van der Waals surface area (Å²) < 4.78 is 9.04. The molecular weight excluding hydrogens is 330 g/mol. The molecule has 0 amide bonds.